The zero-order valence-corrected chi connectivity index (χ0v) is 13.4. The van der Waals surface area contributed by atoms with Gasteiger partial charge in [0.25, 0.3) is 0 Å². The van der Waals surface area contributed by atoms with E-state index < -0.39 is 0 Å². The zero-order valence-electron chi connectivity index (χ0n) is 10.4. The molecule has 1 nitrogen and oxygen atoms in total. The van der Waals surface area contributed by atoms with Crippen molar-refractivity contribution < 1.29 is 9.18 Å². The maximum absolute atomic E-state index is 13.2. The molecule has 0 fully saturated rings. The molecule has 0 N–H and O–H groups in total. The van der Waals surface area contributed by atoms with E-state index in [0.29, 0.717) is 11.3 Å². The van der Waals surface area contributed by atoms with Gasteiger partial charge in [0, 0.05) is 14.7 Å². The number of halogens is 2. The van der Waals surface area contributed by atoms with Crippen LogP contribution in [0.1, 0.15) is 15.2 Å². The van der Waals surface area contributed by atoms with Gasteiger partial charge < -0.3 is 0 Å². The van der Waals surface area contributed by atoms with E-state index in [0.717, 1.165) is 19.2 Å². The van der Waals surface area contributed by atoms with E-state index in [1.165, 1.54) is 23.5 Å². The summed E-state index contributed by atoms with van der Waals surface area (Å²) in [7, 11) is 0. The maximum atomic E-state index is 13.2. The van der Waals surface area contributed by atoms with Gasteiger partial charge in [0.05, 0.1) is 4.88 Å². The molecule has 0 aliphatic heterocycles. The molecule has 0 spiro atoms. The molecule has 1 aromatic heterocycles. The molecule has 0 saturated heterocycles. The molecule has 20 heavy (non-hydrogen) atoms. The van der Waals surface area contributed by atoms with Crippen molar-refractivity contribution in [3.8, 4) is 0 Å². The Labute approximate surface area is 133 Å². The van der Waals surface area contributed by atoms with Gasteiger partial charge in [-0.1, -0.05) is 12.1 Å². The van der Waals surface area contributed by atoms with Crippen molar-refractivity contribution in [2.24, 2.45) is 0 Å². The molecule has 0 amide bonds. The van der Waals surface area contributed by atoms with E-state index in [9.17, 15) is 9.18 Å². The number of carbonyl (C=O) groups is 1. The largest absolute Gasteiger partial charge is 0.293 e. The second-order valence-electron chi connectivity index (χ2n) is 4.52. The quantitative estimate of drug-likeness (QED) is 0.446. The lowest BCUT2D eigenvalue weighted by Gasteiger charge is -1.99. The molecular weight excluding hydrogens is 386 g/mol. The standard InChI is InChI=1S/C16H10FIOS/c17-12-3-6-15-11(8-12)9-16(20-15)14(19)7-10-1-4-13(18)5-2-10/h1-6,8-9H,7H2. The highest BCUT2D eigenvalue weighted by molar-refractivity contribution is 14.1. The number of fused-ring (bicyclic) bond motifs is 1. The first kappa shape index (κ1) is 13.7. The summed E-state index contributed by atoms with van der Waals surface area (Å²) in [5, 5.41) is 0.793. The molecule has 0 saturated carbocycles. The molecule has 0 atom stereocenters. The van der Waals surface area contributed by atoms with Crippen LogP contribution in [0.25, 0.3) is 10.1 Å². The number of carbonyl (C=O) groups excluding carboxylic acids is 1. The number of Topliss-reactive ketones (excluding diaryl/α,β-unsaturated/α-hetero) is 1. The Hall–Kier alpha value is -1.27. The van der Waals surface area contributed by atoms with Crippen LogP contribution >= 0.6 is 33.9 Å². The van der Waals surface area contributed by atoms with Crippen molar-refractivity contribution in [1.29, 1.82) is 0 Å². The molecular formula is C16H10FIOS. The summed E-state index contributed by atoms with van der Waals surface area (Å²) >= 11 is 3.65. The zero-order chi connectivity index (χ0) is 14.1. The third-order valence-corrected chi connectivity index (χ3v) is 4.91. The van der Waals surface area contributed by atoms with Crippen molar-refractivity contribution in [3.05, 3.63) is 68.4 Å². The highest BCUT2D eigenvalue weighted by Crippen LogP contribution is 2.27. The second kappa shape index (κ2) is 5.61. The summed E-state index contributed by atoms with van der Waals surface area (Å²) in [4.78, 5) is 13.0. The predicted molar refractivity (Wildman–Crippen MR) is 89.0 cm³/mol. The molecule has 1 heterocycles. The van der Waals surface area contributed by atoms with Crippen molar-refractivity contribution >= 4 is 49.8 Å². The lowest BCUT2D eigenvalue weighted by Crippen LogP contribution is -2.00. The molecule has 3 aromatic rings. The molecule has 0 radical (unpaired) electrons. The van der Waals surface area contributed by atoms with E-state index in [1.807, 2.05) is 24.3 Å². The van der Waals surface area contributed by atoms with Crippen LogP contribution < -0.4 is 0 Å². The Morgan fingerprint density at radius 1 is 1.10 bits per heavy atom. The van der Waals surface area contributed by atoms with Crippen LogP contribution in [0, 0.1) is 9.39 Å². The molecule has 0 aliphatic carbocycles. The fraction of sp³-hybridized carbons (Fsp3) is 0.0625. The van der Waals surface area contributed by atoms with Gasteiger partial charge in [0.2, 0.25) is 0 Å². The minimum atomic E-state index is -0.271. The number of rotatable bonds is 3. The van der Waals surface area contributed by atoms with Gasteiger partial charge >= 0.3 is 0 Å². The third-order valence-electron chi connectivity index (χ3n) is 3.03. The Morgan fingerprint density at radius 3 is 2.60 bits per heavy atom. The highest BCUT2D eigenvalue weighted by atomic mass is 127. The first-order valence-corrected chi connectivity index (χ1v) is 7.98. The molecule has 4 heteroatoms. The van der Waals surface area contributed by atoms with Gasteiger partial charge in [0.15, 0.2) is 5.78 Å². The van der Waals surface area contributed by atoms with Gasteiger partial charge in [-0.2, -0.15) is 0 Å². The third kappa shape index (κ3) is 2.91. The van der Waals surface area contributed by atoms with Crippen LogP contribution in [0.15, 0.2) is 48.5 Å². The summed E-state index contributed by atoms with van der Waals surface area (Å²) < 4.78 is 15.2. The van der Waals surface area contributed by atoms with Crippen molar-refractivity contribution in [3.63, 3.8) is 0 Å². The second-order valence-corrected chi connectivity index (χ2v) is 6.85. The fourth-order valence-electron chi connectivity index (χ4n) is 2.03. The Balaban J connectivity index is 1.86. The fourth-order valence-corrected chi connectivity index (χ4v) is 3.37. The lowest BCUT2D eigenvalue weighted by atomic mass is 10.1. The van der Waals surface area contributed by atoms with Gasteiger partial charge in [-0.25, -0.2) is 4.39 Å². The van der Waals surface area contributed by atoms with Crippen molar-refractivity contribution in [2.45, 2.75) is 6.42 Å². The molecule has 0 unspecified atom stereocenters. The highest BCUT2D eigenvalue weighted by Gasteiger charge is 2.11. The SMILES string of the molecule is O=C(Cc1ccc(I)cc1)c1cc2cc(F)ccc2s1. The van der Waals surface area contributed by atoms with Crippen LogP contribution in [0.3, 0.4) is 0 Å². The topological polar surface area (TPSA) is 17.1 Å². The Kier molecular flexibility index (Phi) is 3.85. The normalized spacial score (nSPS) is 10.9. The minimum absolute atomic E-state index is 0.0767. The minimum Gasteiger partial charge on any atom is -0.293 e. The van der Waals surface area contributed by atoms with E-state index in [1.54, 1.807) is 12.1 Å². The molecule has 0 bridgehead atoms. The smallest absolute Gasteiger partial charge is 0.177 e. The number of hydrogen-bond acceptors (Lipinski definition) is 2. The van der Waals surface area contributed by atoms with E-state index >= 15 is 0 Å². The first-order chi connectivity index (χ1) is 9.61. The van der Waals surface area contributed by atoms with Crippen LogP contribution in [-0.4, -0.2) is 5.78 Å². The van der Waals surface area contributed by atoms with Gasteiger partial charge in [0.1, 0.15) is 5.82 Å². The van der Waals surface area contributed by atoms with Crippen LogP contribution in [0.4, 0.5) is 4.39 Å². The summed E-state index contributed by atoms with van der Waals surface area (Å²) in [5.74, 6) is -0.195. The molecule has 3 rings (SSSR count). The van der Waals surface area contributed by atoms with Crippen molar-refractivity contribution in [2.75, 3.05) is 0 Å². The number of ketones is 1. The Morgan fingerprint density at radius 2 is 1.85 bits per heavy atom. The summed E-state index contributed by atoms with van der Waals surface area (Å²) in [5.41, 5.74) is 0.999. The van der Waals surface area contributed by atoms with E-state index in [4.69, 9.17) is 0 Å². The predicted octanol–water partition coefficient (Wildman–Crippen LogP) is 5.07. The molecule has 0 aliphatic rings. The lowest BCUT2D eigenvalue weighted by molar-refractivity contribution is 0.0997. The summed E-state index contributed by atoms with van der Waals surface area (Å²) in [6.45, 7) is 0. The average Bonchev–Trinajstić information content (AvgIpc) is 2.84. The van der Waals surface area contributed by atoms with Crippen LogP contribution in [0.2, 0.25) is 0 Å². The summed E-state index contributed by atoms with van der Waals surface area (Å²) in [6, 6.07) is 14.3. The van der Waals surface area contributed by atoms with Gasteiger partial charge in [-0.05, 0) is 69.9 Å². The van der Waals surface area contributed by atoms with Crippen LogP contribution in [-0.2, 0) is 6.42 Å². The van der Waals surface area contributed by atoms with Gasteiger partial charge in [-0.3, -0.25) is 4.79 Å². The average molecular weight is 396 g/mol. The summed E-state index contributed by atoms with van der Waals surface area (Å²) in [6.07, 6.45) is 0.381. The first-order valence-electron chi connectivity index (χ1n) is 6.08. The Bertz CT molecular complexity index is 777. The van der Waals surface area contributed by atoms with Crippen molar-refractivity contribution in [1.82, 2.24) is 0 Å². The number of benzene rings is 2. The number of hydrogen-bond donors (Lipinski definition) is 0. The van der Waals surface area contributed by atoms with Crippen LogP contribution in [0.5, 0.6) is 0 Å². The maximum Gasteiger partial charge on any atom is 0.177 e. The monoisotopic (exact) mass is 396 g/mol. The number of thiophene rings is 1. The van der Waals surface area contributed by atoms with Gasteiger partial charge in [-0.15, -0.1) is 11.3 Å². The van der Waals surface area contributed by atoms with E-state index in [-0.39, 0.29) is 11.6 Å². The molecule has 100 valence electrons. The molecule has 2 aromatic carbocycles. The van der Waals surface area contributed by atoms with E-state index in [2.05, 4.69) is 22.6 Å².